The number of benzene rings is 3. The van der Waals surface area contributed by atoms with Crippen molar-refractivity contribution >= 4 is 34.2 Å². The molecule has 0 saturated carbocycles. The molecule has 8 nitrogen and oxygen atoms in total. The Labute approximate surface area is 197 Å². The molecule has 0 aliphatic heterocycles. The second-order valence-electron chi connectivity index (χ2n) is 7.52. The highest BCUT2D eigenvalue weighted by Crippen LogP contribution is 2.25. The van der Waals surface area contributed by atoms with Crippen LogP contribution in [-0.2, 0) is 6.54 Å². The molecule has 0 amide bonds. The number of fused-ring (bicyclic) bond motifs is 1. The van der Waals surface area contributed by atoms with Crippen LogP contribution in [0.4, 0.5) is 36.4 Å². The van der Waals surface area contributed by atoms with Crippen LogP contribution in [0.15, 0.2) is 85.3 Å². The Hall–Kier alpha value is -4.67. The van der Waals surface area contributed by atoms with Crippen molar-refractivity contribution < 1.29 is 17.9 Å². The number of aromatic nitrogens is 5. The topological polar surface area (TPSA) is 89.8 Å². The van der Waals surface area contributed by atoms with Crippen molar-refractivity contribution in [2.45, 2.75) is 12.9 Å². The summed E-state index contributed by atoms with van der Waals surface area (Å²) in [7, 11) is 0. The van der Waals surface area contributed by atoms with E-state index in [4.69, 9.17) is 0 Å². The molecule has 0 radical (unpaired) electrons. The van der Waals surface area contributed by atoms with E-state index in [9.17, 15) is 13.2 Å². The van der Waals surface area contributed by atoms with Crippen LogP contribution >= 0.6 is 0 Å². The summed E-state index contributed by atoms with van der Waals surface area (Å²) in [5.41, 5.74) is 3.41. The lowest BCUT2D eigenvalue weighted by Crippen LogP contribution is -2.17. The van der Waals surface area contributed by atoms with Gasteiger partial charge in [-0.2, -0.15) is 10.1 Å². The highest BCUT2D eigenvalue weighted by molar-refractivity contribution is 5.83. The Kier molecular flexibility index (Phi) is 5.88. The van der Waals surface area contributed by atoms with Gasteiger partial charge in [0.25, 0.3) is 0 Å². The minimum atomic E-state index is -4.74. The number of hydrogen-bond acceptors (Lipinski definition) is 7. The number of ether oxygens (including phenoxy) is 1. The third kappa shape index (κ3) is 5.64. The van der Waals surface area contributed by atoms with Crippen LogP contribution in [0.2, 0.25) is 0 Å². The van der Waals surface area contributed by atoms with Gasteiger partial charge >= 0.3 is 6.36 Å². The van der Waals surface area contributed by atoms with Gasteiger partial charge in [0.2, 0.25) is 11.9 Å². The zero-order valence-electron chi connectivity index (χ0n) is 18.1. The fourth-order valence-corrected chi connectivity index (χ4v) is 3.46. The fraction of sp³-hybridized carbons (Fsp3) is 0.0833. The molecule has 2 heterocycles. The van der Waals surface area contributed by atoms with Crippen molar-refractivity contribution in [2.75, 3.05) is 10.6 Å². The van der Waals surface area contributed by atoms with Gasteiger partial charge < -0.3 is 15.4 Å². The molecule has 2 N–H and O–H groups in total. The van der Waals surface area contributed by atoms with Crippen molar-refractivity contribution in [1.82, 2.24) is 24.7 Å². The largest absolute Gasteiger partial charge is 0.573 e. The van der Waals surface area contributed by atoms with Crippen molar-refractivity contribution in [3.8, 4) is 5.75 Å². The van der Waals surface area contributed by atoms with E-state index in [-0.39, 0.29) is 11.7 Å². The molecule has 5 rings (SSSR count). The maximum Gasteiger partial charge on any atom is 0.573 e. The molecule has 2 aromatic heterocycles. The number of alkyl halides is 3. The minimum absolute atomic E-state index is 0.226. The molecule has 11 heteroatoms. The third-order valence-corrected chi connectivity index (χ3v) is 4.99. The molecule has 0 fully saturated rings. The first-order valence-electron chi connectivity index (χ1n) is 10.5. The Morgan fingerprint density at radius 1 is 0.829 bits per heavy atom. The highest BCUT2D eigenvalue weighted by Gasteiger charge is 2.30. The third-order valence-electron chi connectivity index (χ3n) is 4.99. The maximum atomic E-state index is 12.3. The van der Waals surface area contributed by atoms with Gasteiger partial charge in [-0.1, -0.05) is 30.3 Å². The molecule has 0 bridgehead atoms. The first kappa shape index (κ1) is 22.1. The highest BCUT2D eigenvalue weighted by atomic mass is 19.4. The number of nitrogens with zero attached hydrogens (tertiary/aromatic N) is 5. The Morgan fingerprint density at radius 3 is 2.23 bits per heavy atom. The summed E-state index contributed by atoms with van der Waals surface area (Å²) in [5.74, 6) is 0.211. The van der Waals surface area contributed by atoms with Gasteiger partial charge in [0.05, 0.1) is 18.3 Å². The zero-order valence-corrected chi connectivity index (χ0v) is 18.1. The van der Waals surface area contributed by atoms with Crippen LogP contribution in [0.1, 0.15) is 5.56 Å². The average molecular weight is 477 g/mol. The van der Waals surface area contributed by atoms with Crippen LogP contribution in [0.5, 0.6) is 5.75 Å². The molecule has 0 atom stereocenters. The molecule has 0 aliphatic carbocycles. The average Bonchev–Trinajstić information content (AvgIpc) is 3.22. The minimum Gasteiger partial charge on any atom is -0.406 e. The van der Waals surface area contributed by atoms with Crippen molar-refractivity contribution in [2.24, 2.45) is 0 Å². The fourth-order valence-electron chi connectivity index (χ4n) is 3.46. The van der Waals surface area contributed by atoms with E-state index in [1.54, 1.807) is 6.20 Å². The molecular formula is C24H18F3N7O. The first-order valence-corrected chi connectivity index (χ1v) is 10.5. The molecule has 0 aliphatic rings. The maximum absolute atomic E-state index is 12.3. The lowest BCUT2D eigenvalue weighted by molar-refractivity contribution is -0.274. The quantitative estimate of drug-likeness (QED) is 0.313. The molecular weight excluding hydrogens is 459 g/mol. The van der Waals surface area contributed by atoms with E-state index in [2.05, 4.69) is 47.6 Å². The second-order valence-corrected chi connectivity index (χ2v) is 7.52. The molecule has 0 saturated heterocycles. The van der Waals surface area contributed by atoms with E-state index < -0.39 is 6.36 Å². The zero-order chi connectivity index (χ0) is 24.3. The Morgan fingerprint density at radius 2 is 1.51 bits per heavy atom. The van der Waals surface area contributed by atoms with Crippen molar-refractivity contribution in [3.05, 3.63) is 90.9 Å². The van der Waals surface area contributed by atoms with Gasteiger partial charge in [-0.25, -0.2) is 9.97 Å². The predicted molar refractivity (Wildman–Crippen MR) is 125 cm³/mol. The summed E-state index contributed by atoms with van der Waals surface area (Å²) in [6.07, 6.45) is -1.61. The van der Waals surface area contributed by atoms with Gasteiger partial charge in [-0.3, -0.25) is 4.68 Å². The van der Waals surface area contributed by atoms with Gasteiger partial charge in [-0.05, 0) is 48.0 Å². The van der Waals surface area contributed by atoms with Crippen LogP contribution < -0.4 is 15.4 Å². The summed E-state index contributed by atoms with van der Waals surface area (Å²) in [6, 6.07) is 21.2. The van der Waals surface area contributed by atoms with Crippen LogP contribution in [0.25, 0.3) is 10.9 Å². The molecule has 176 valence electrons. The predicted octanol–water partition coefficient (Wildman–Crippen LogP) is 5.66. The molecule has 3 aromatic carbocycles. The summed E-state index contributed by atoms with van der Waals surface area (Å²) in [5, 5.41) is 11.5. The summed E-state index contributed by atoms with van der Waals surface area (Å²) in [6.45, 7) is 0.670. The van der Waals surface area contributed by atoms with Gasteiger partial charge in [-0.15, -0.1) is 13.2 Å². The second kappa shape index (κ2) is 9.29. The normalized spacial score (nSPS) is 11.4. The van der Waals surface area contributed by atoms with E-state index in [0.29, 0.717) is 18.2 Å². The van der Waals surface area contributed by atoms with E-state index in [1.165, 1.54) is 30.6 Å². The number of anilines is 4. The first-order chi connectivity index (χ1) is 16.9. The SMILES string of the molecule is FC(F)(F)Oc1ccc(Nc2ncnc(Nc3ccc4c(cnn4Cc4ccccc4)c3)n2)cc1. The van der Waals surface area contributed by atoms with Crippen LogP contribution in [0, 0.1) is 0 Å². The van der Waals surface area contributed by atoms with E-state index >= 15 is 0 Å². The standard InChI is InChI=1S/C24H18F3N7O/c25-24(26,27)35-20-9-6-18(7-10-20)31-22-28-15-29-23(33-22)32-19-8-11-21-17(12-19)13-30-34(21)14-16-4-2-1-3-5-16/h1-13,15H,14H2,(H2,28,29,31,32,33). The van der Waals surface area contributed by atoms with Gasteiger partial charge in [0.15, 0.2) is 0 Å². The monoisotopic (exact) mass is 477 g/mol. The summed E-state index contributed by atoms with van der Waals surface area (Å²) >= 11 is 0. The van der Waals surface area contributed by atoms with E-state index in [1.807, 2.05) is 41.1 Å². The molecule has 5 aromatic rings. The number of halogens is 3. The number of rotatable bonds is 7. The van der Waals surface area contributed by atoms with Gasteiger partial charge in [0, 0.05) is 16.8 Å². The lowest BCUT2D eigenvalue weighted by Gasteiger charge is -2.10. The molecule has 0 spiro atoms. The lowest BCUT2D eigenvalue weighted by atomic mass is 10.2. The summed E-state index contributed by atoms with van der Waals surface area (Å²) in [4.78, 5) is 12.5. The Balaban J connectivity index is 1.27. The summed E-state index contributed by atoms with van der Waals surface area (Å²) < 4.78 is 42.7. The van der Waals surface area contributed by atoms with Crippen molar-refractivity contribution in [1.29, 1.82) is 0 Å². The van der Waals surface area contributed by atoms with Crippen LogP contribution in [0.3, 0.4) is 0 Å². The number of nitrogens with one attached hydrogen (secondary N) is 2. The van der Waals surface area contributed by atoms with Crippen LogP contribution in [-0.4, -0.2) is 31.1 Å². The smallest absolute Gasteiger partial charge is 0.406 e. The molecule has 35 heavy (non-hydrogen) atoms. The van der Waals surface area contributed by atoms with E-state index in [0.717, 1.165) is 22.2 Å². The Bertz CT molecular complexity index is 1440. The van der Waals surface area contributed by atoms with Crippen molar-refractivity contribution in [3.63, 3.8) is 0 Å². The van der Waals surface area contributed by atoms with Gasteiger partial charge in [0.1, 0.15) is 12.1 Å². The number of hydrogen-bond donors (Lipinski definition) is 2. The molecule has 0 unspecified atom stereocenters.